The van der Waals surface area contributed by atoms with Crippen molar-refractivity contribution in [2.24, 2.45) is 0 Å². The van der Waals surface area contributed by atoms with Gasteiger partial charge in [0.2, 0.25) is 5.91 Å². The second-order valence-electron chi connectivity index (χ2n) is 5.17. The molecule has 22 heavy (non-hydrogen) atoms. The SMILES string of the molecule is Cc1ccc(NC(=O)C(C)Sc2nc3ccccc3[nH]2)cc1. The van der Waals surface area contributed by atoms with Crippen molar-refractivity contribution in [1.29, 1.82) is 0 Å². The molecular weight excluding hydrogens is 294 g/mol. The van der Waals surface area contributed by atoms with Gasteiger partial charge < -0.3 is 10.3 Å². The number of imidazole rings is 1. The summed E-state index contributed by atoms with van der Waals surface area (Å²) in [6.07, 6.45) is 0. The van der Waals surface area contributed by atoms with Crippen LogP contribution in [0, 0.1) is 6.92 Å². The van der Waals surface area contributed by atoms with Crippen molar-refractivity contribution in [2.45, 2.75) is 24.3 Å². The highest BCUT2D eigenvalue weighted by Gasteiger charge is 2.16. The standard InChI is InChI=1S/C17H17N3OS/c1-11-7-9-13(10-8-11)18-16(21)12(2)22-17-19-14-5-3-4-6-15(14)20-17/h3-10,12H,1-2H3,(H,18,21)(H,19,20). The number of H-pyrrole nitrogens is 1. The average molecular weight is 311 g/mol. The van der Waals surface area contributed by atoms with Crippen molar-refractivity contribution in [3.63, 3.8) is 0 Å². The molecule has 1 heterocycles. The largest absolute Gasteiger partial charge is 0.333 e. The summed E-state index contributed by atoms with van der Waals surface area (Å²) in [5.74, 6) is -0.0330. The smallest absolute Gasteiger partial charge is 0.237 e. The van der Waals surface area contributed by atoms with E-state index in [-0.39, 0.29) is 11.2 Å². The van der Waals surface area contributed by atoms with Gasteiger partial charge in [-0.3, -0.25) is 4.79 Å². The average Bonchev–Trinajstić information content (AvgIpc) is 2.91. The number of benzene rings is 2. The third kappa shape index (κ3) is 3.31. The number of aromatic nitrogens is 2. The first-order valence-electron chi connectivity index (χ1n) is 7.11. The lowest BCUT2D eigenvalue weighted by Gasteiger charge is -2.10. The van der Waals surface area contributed by atoms with Crippen LogP contribution in [0.1, 0.15) is 12.5 Å². The van der Waals surface area contributed by atoms with Crippen LogP contribution in [0.3, 0.4) is 0 Å². The summed E-state index contributed by atoms with van der Waals surface area (Å²) < 4.78 is 0. The molecule has 2 aromatic carbocycles. The van der Waals surface area contributed by atoms with E-state index in [0.717, 1.165) is 21.9 Å². The second-order valence-corrected chi connectivity index (χ2v) is 6.50. The van der Waals surface area contributed by atoms with Gasteiger partial charge in [-0.1, -0.05) is 41.6 Å². The number of anilines is 1. The number of hydrogen-bond acceptors (Lipinski definition) is 3. The van der Waals surface area contributed by atoms with E-state index >= 15 is 0 Å². The van der Waals surface area contributed by atoms with Crippen LogP contribution in [-0.2, 0) is 4.79 Å². The van der Waals surface area contributed by atoms with Crippen LogP contribution in [0.25, 0.3) is 11.0 Å². The number of carbonyl (C=O) groups excluding carboxylic acids is 1. The van der Waals surface area contributed by atoms with Crippen LogP contribution in [-0.4, -0.2) is 21.1 Å². The van der Waals surface area contributed by atoms with Crippen LogP contribution in [0.5, 0.6) is 0 Å². The molecule has 0 saturated carbocycles. The number of aryl methyl sites for hydroxylation is 1. The molecule has 3 aromatic rings. The Morgan fingerprint density at radius 3 is 2.64 bits per heavy atom. The number of nitrogens with one attached hydrogen (secondary N) is 2. The van der Waals surface area contributed by atoms with Gasteiger partial charge in [-0.05, 0) is 38.1 Å². The molecular formula is C17H17N3OS. The number of hydrogen-bond donors (Lipinski definition) is 2. The van der Waals surface area contributed by atoms with Crippen molar-refractivity contribution in [3.05, 3.63) is 54.1 Å². The predicted molar refractivity (Wildman–Crippen MR) is 91.2 cm³/mol. The number of fused-ring (bicyclic) bond motifs is 1. The minimum absolute atomic E-state index is 0.0330. The minimum Gasteiger partial charge on any atom is -0.333 e. The van der Waals surface area contributed by atoms with E-state index in [0.29, 0.717) is 0 Å². The van der Waals surface area contributed by atoms with Gasteiger partial charge in [-0.2, -0.15) is 0 Å². The van der Waals surface area contributed by atoms with E-state index in [9.17, 15) is 4.79 Å². The zero-order chi connectivity index (χ0) is 15.5. The first-order valence-corrected chi connectivity index (χ1v) is 7.99. The molecule has 0 aliphatic rings. The monoisotopic (exact) mass is 311 g/mol. The molecule has 0 aliphatic carbocycles. The van der Waals surface area contributed by atoms with Gasteiger partial charge in [0.25, 0.3) is 0 Å². The number of rotatable bonds is 4. The maximum atomic E-state index is 12.2. The molecule has 1 aromatic heterocycles. The van der Waals surface area contributed by atoms with Crippen LogP contribution < -0.4 is 5.32 Å². The molecule has 0 spiro atoms. The van der Waals surface area contributed by atoms with E-state index in [1.165, 1.54) is 17.3 Å². The Balaban J connectivity index is 1.66. The zero-order valence-electron chi connectivity index (χ0n) is 12.5. The van der Waals surface area contributed by atoms with Crippen LogP contribution >= 0.6 is 11.8 Å². The van der Waals surface area contributed by atoms with Crippen LogP contribution in [0.2, 0.25) is 0 Å². The Kier molecular flexibility index (Phi) is 4.15. The van der Waals surface area contributed by atoms with Gasteiger partial charge in [0.05, 0.1) is 16.3 Å². The van der Waals surface area contributed by atoms with E-state index < -0.39 is 0 Å². The lowest BCUT2D eigenvalue weighted by Crippen LogP contribution is -2.22. The van der Waals surface area contributed by atoms with E-state index in [1.54, 1.807) is 0 Å². The Hall–Kier alpha value is -2.27. The summed E-state index contributed by atoms with van der Waals surface area (Å²) >= 11 is 1.42. The van der Waals surface area contributed by atoms with E-state index in [4.69, 9.17) is 0 Å². The third-order valence-corrected chi connectivity index (χ3v) is 4.33. The van der Waals surface area contributed by atoms with Gasteiger partial charge in [0, 0.05) is 5.69 Å². The Morgan fingerprint density at radius 1 is 1.18 bits per heavy atom. The molecule has 112 valence electrons. The zero-order valence-corrected chi connectivity index (χ0v) is 13.3. The van der Waals surface area contributed by atoms with Crippen molar-refractivity contribution in [2.75, 3.05) is 5.32 Å². The van der Waals surface area contributed by atoms with Gasteiger partial charge in [0.15, 0.2) is 5.16 Å². The highest BCUT2D eigenvalue weighted by Crippen LogP contribution is 2.24. The molecule has 0 aliphatic heterocycles. The normalized spacial score (nSPS) is 12.3. The minimum atomic E-state index is -0.234. The molecule has 0 radical (unpaired) electrons. The lowest BCUT2D eigenvalue weighted by molar-refractivity contribution is -0.115. The molecule has 1 amide bonds. The van der Waals surface area contributed by atoms with Crippen LogP contribution in [0.15, 0.2) is 53.7 Å². The number of thioether (sulfide) groups is 1. The highest BCUT2D eigenvalue weighted by molar-refractivity contribution is 8.00. The van der Waals surface area contributed by atoms with E-state index in [1.807, 2.05) is 62.4 Å². The topological polar surface area (TPSA) is 57.8 Å². The molecule has 0 fully saturated rings. The number of nitrogens with zero attached hydrogens (tertiary/aromatic N) is 1. The van der Waals surface area contributed by atoms with E-state index in [2.05, 4.69) is 15.3 Å². The number of amides is 1. The first kappa shape index (κ1) is 14.7. The van der Waals surface area contributed by atoms with Crippen molar-refractivity contribution < 1.29 is 4.79 Å². The highest BCUT2D eigenvalue weighted by atomic mass is 32.2. The maximum Gasteiger partial charge on any atom is 0.237 e. The lowest BCUT2D eigenvalue weighted by atomic mass is 10.2. The molecule has 0 saturated heterocycles. The summed E-state index contributed by atoms with van der Waals surface area (Å²) in [6, 6.07) is 15.6. The van der Waals surface area contributed by atoms with Gasteiger partial charge in [0.1, 0.15) is 0 Å². The molecule has 0 bridgehead atoms. The molecule has 1 unspecified atom stereocenters. The summed E-state index contributed by atoms with van der Waals surface area (Å²) in [5.41, 5.74) is 3.88. The predicted octanol–water partition coefficient (Wildman–Crippen LogP) is 3.99. The fourth-order valence-corrected chi connectivity index (χ4v) is 2.91. The summed E-state index contributed by atoms with van der Waals surface area (Å²) in [6.45, 7) is 3.90. The Labute approximate surface area is 133 Å². The summed E-state index contributed by atoms with van der Waals surface area (Å²) in [4.78, 5) is 19.9. The summed E-state index contributed by atoms with van der Waals surface area (Å²) in [5, 5.41) is 3.44. The van der Waals surface area contributed by atoms with Crippen molar-refractivity contribution in [1.82, 2.24) is 9.97 Å². The molecule has 5 heteroatoms. The van der Waals surface area contributed by atoms with Gasteiger partial charge in [-0.15, -0.1) is 0 Å². The quantitative estimate of drug-likeness (QED) is 0.716. The first-order chi connectivity index (χ1) is 10.6. The van der Waals surface area contributed by atoms with Gasteiger partial charge in [-0.25, -0.2) is 4.98 Å². The van der Waals surface area contributed by atoms with Gasteiger partial charge >= 0.3 is 0 Å². The summed E-state index contributed by atoms with van der Waals surface area (Å²) in [7, 11) is 0. The molecule has 2 N–H and O–H groups in total. The number of para-hydroxylation sites is 2. The fourth-order valence-electron chi connectivity index (χ4n) is 2.09. The van der Waals surface area contributed by atoms with Crippen LogP contribution in [0.4, 0.5) is 5.69 Å². The Bertz CT molecular complexity index is 762. The molecule has 4 nitrogen and oxygen atoms in total. The maximum absolute atomic E-state index is 12.2. The fraction of sp³-hybridized carbons (Fsp3) is 0.176. The molecule has 1 atom stereocenters. The number of aromatic amines is 1. The Morgan fingerprint density at radius 2 is 1.91 bits per heavy atom. The van der Waals surface area contributed by atoms with Crippen molar-refractivity contribution in [3.8, 4) is 0 Å². The number of carbonyl (C=O) groups is 1. The third-order valence-electron chi connectivity index (χ3n) is 3.34. The van der Waals surface area contributed by atoms with Crippen molar-refractivity contribution >= 4 is 34.4 Å². The second kappa shape index (κ2) is 6.23. The molecule has 3 rings (SSSR count).